The molecule has 301 valence electrons. The number of hydrogen-bond donors (Lipinski definition) is 0. The van der Waals surface area contributed by atoms with Gasteiger partial charge in [0.2, 0.25) is 0 Å². The molecule has 0 unspecified atom stereocenters. The number of nitrogens with zero attached hydrogens (tertiary/aromatic N) is 3. The minimum atomic E-state index is -2.18. The van der Waals surface area contributed by atoms with E-state index in [4.69, 9.17) is 17.6 Å². The van der Waals surface area contributed by atoms with Crippen molar-refractivity contribution in [2.45, 2.75) is 41.4 Å². The molecule has 3 aromatic heterocycles. The van der Waals surface area contributed by atoms with Crippen LogP contribution in [-0.2, 0) is 20.1 Å². The van der Waals surface area contributed by atoms with Crippen molar-refractivity contribution in [2.75, 3.05) is 0 Å². The first-order valence-electron chi connectivity index (χ1n) is 22.9. The van der Waals surface area contributed by atoms with Crippen LogP contribution in [0.3, 0.4) is 0 Å². The Balaban J connectivity index is 0.000000244. The number of rotatable bonds is 6. The molecule has 0 N–H and O–H groups in total. The second-order valence-corrected chi connectivity index (χ2v) is 15.2. The van der Waals surface area contributed by atoms with E-state index in [1.165, 1.54) is 52.2 Å². The zero-order valence-electron chi connectivity index (χ0n) is 40.2. The van der Waals surface area contributed by atoms with Crippen molar-refractivity contribution in [1.29, 1.82) is 0 Å². The summed E-state index contributed by atoms with van der Waals surface area (Å²) >= 11 is 0. The fraction of sp³-hybridized carbons (Fsp3) is 0.107. The summed E-state index contributed by atoms with van der Waals surface area (Å²) in [5.74, 6) is 0.799. The van der Waals surface area contributed by atoms with Gasteiger partial charge in [-0.05, 0) is 109 Å². The molecule has 3 heterocycles. The van der Waals surface area contributed by atoms with Crippen LogP contribution in [0.25, 0.3) is 83.7 Å². The molecule has 0 aliphatic carbocycles. The van der Waals surface area contributed by atoms with E-state index < -0.39 is 13.7 Å². The molecule has 0 spiro atoms. The van der Waals surface area contributed by atoms with E-state index in [2.05, 4.69) is 171 Å². The number of fused-ring (bicyclic) bond motifs is 2. The molecule has 0 atom stereocenters. The second kappa shape index (κ2) is 17.5. The third-order valence-electron chi connectivity index (χ3n) is 10.8. The summed E-state index contributed by atoms with van der Waals surface area (Å²) in [4.78, 5) is 9.37. The van der Waals surface area contributed by atoms with Gasteiger partial charge >= 0.3 is 0 Å². The first-order chi connectivity index (χ1) is 31.6. The normalized spacial score (nSPS) is 12.9. The molecule has 0 aliphatic heterocycles. The molecule has 5 heteroatoms. The smallest absolute Gasteiger partial charge is 0.0774 e. The number of aromatic nitrogens is 3. The zero-order valence-corrected chi connectivity index (χ0v) is 36.6. The van der Waals surface area contributed by atoms with Crippen LogP contribution >= 0.6 is 0 Å². The molecule has 0 saturated heterocycles. The predicted molar refractivity (Wildman–Crippen MR) is 248 cm³/mol. The molecule has 10 rings (SSSR count). The molecule has 0 aliphatic rings. The van der Waals surface area contributed by atoms with Gasteiger partial charge < -0.3 is 14.0 Å². The quantitative estimate of drug-likeness (QED) is 0.156. The summed E-state index contributed by atoms with van der Waals surface area (Å²) in [6.07, 6.45) is 4.59. The Bertz CT molecular complexity index is 3220. The summed E-state index contributed by atoms with van der Waals surface area (Å²) in [6.45, 7) is 4.36. The Morgan fingerprint density at radius 2 is 1.25 bits per heavy atom. The molecule has 4 nitrogen and oxygen atoms in total. The monoisotopic (exact) mass is 974 g/mol. The van der Waals surface area contributed by atoms with Crippen molar-refractivity contribution in [3.63, 3.8) is 0 Å². The van der Waals surface area contributed by atoms with Crippen LogP contribution in [-0.4, -0.2) is 14.5 Å². The first-order valence-corrected chi connectivity index (χ1v) is 19.9. The summed E-state index contributed by atoms with van der Waals surface area (Å²) in [5.41, 5.74) is 18.2. The number of imidazole rings is 1. The van der Waals surface area contributed by atoms with E-state index in [0.717, 1.165) is 66.9 Å². The van der Waals surface area contributed by atoms with Crippen LogP contribution in [0.15, 0.2) is 168 Å². The number of para-hydroxylation sites is 2. The van der Waals surface area contributed by atoms with Gasteiger partial charge in [-0.2, -0.15) is 0 Å². The van der Waals surface area contributed by atoms with Gasteiger partial charge in [0.1, 0.15) is 0 Å². The number of aryl methyl sites for hydroxylation is 6. The molecule has 10 aromatic rings. The molecule has 0 fully saturated rings. The van der Waals surface area contributed by atoms with Crippen molar-refractivity contribution in [2.24, 2.45) is 0 Å². The molecule has 0 bridgehead atoms. The number of pyridine rings is 1. The van der Waals surface area contributed by atoms with Crippen LogP contribution in [0.1, 0.15) is 41.6 Å². The third-order valence-corrected chi connectivity index (χ3v) is 10.8. The van der Waals surface area contributed by atoms with E-state index in [1.54, 1.807) is 12.1 Å². The van der Waals surface area contributed by atoms with Gasteiger partial charge in [0.15, 0.2) is 0 Å². The number of hydrogen-bond acceptors (Lipinski definition) is 3. The standard InChI is InChI=1S/C43H33N2O.C13H12N.Ir/c1-27-21-29(3)41(30(4)22-27)33-19-20-40-36(25-33)37(26-46-40)43-44-38-17-11-12-18-39(38)45(43)42-34(31-13-7-5-8-14-31)23-28(2)24-35(42)32-15-9-6-10-16-32;1-10-3-6-12(7-4-10)13-8-5-11(2)9-14-13;/h5-25H,1-4H3;3-6,8-9H,1-2H3;/q2*-1;/i;1D3,2D3;. The van der Waals surface area contributed by atoms with Gasteiger partial charge in [-0.1, -0.05) is 139 Å². The molecule has 7 aromatic carbocycles. The maximum absolute atomic E-state index is 7.28. The van der Waals surface area contributed by atoms with Crippen molar-refractivity contribution in [3.05, 3.63) is 210 Å². The van der Waals surface area contributed by atoms with Crippen LogP contribution in [0, 0.1) is 53.7 Å². The maximum atomic E-state index is 7.28. The first kappa shape index (κ1) is 34.1. The molecule has 61 heavy (non-hydrogen) atoms. The molecule has 0 amide bonds. The Hall–Kier alpha value is -6.65. The maximum Gasteiger partial charge on any atom is 0.0774 e. The van der Waals surface area contributed by atoms with E-state index in [0.29, 0.717) is 11.3 Å². The van der Waals surface area contributed by atoms with Crippen LogP contribution in [0.2, 0.25) is 0 Å². The van der Waals surface area contributed by atoms with Crippen LogP contribution < -0.4 is 0 Å². The largest absolute Gasteiger partial charge is 0.557 e. The summed E-state index contributed by atoms with van der Waals surface area (Å²) in [7, 11) is 0. The minimum Gasteiger partial charge on any atom is -0.557 e. The SMILES string of the molecule is Cc1cc(C)c(-c2ccc3o[c-]c(-c4nc5ccccc5n4-c4c(-c5ccccc5)cc(C)cc4-c4ccccc4)c3c2)c(C)c1.[2H]C([2H])([2H])c1c[c-]c(-c2ccc(C([2H])([2H])[2H])cn2)cc1.[Ir]. The molecule has 1 radical (unpaired) electrons. The van der Waals surface area contributed by atoms with Gasteiger partial charge in [-0.25, -0.2) is 0 Å². The third kappa shape index (κ3) is 8.28. The van der Waals surface area contributed by atoms with Gasteiger partial charge in [0.05, 0.1) is 22.5 Å². The van der Waals surface area contributed by atoms with Crippen molar-refractivity contribution >= 4 is 22.0 Å². The fourth-order valence-corrected chi connectivity index (χ4v) is 8.18. The number of benzene rings is 7. The van der Waals surface area contributed by atoms with E-state index >= 15 is 0 Å². The van der Waals surface area contributed by atoms with Crippen molar-refractivity contribution in [3.8, 4) is 61.7 Å². The van der Waals surface area contributed by atoms with Gasteiger partial charge in [-0.15, -0.1) is 35.4 Å². The van der Waals surface area contributed by atoms with Crippen molar-refractivity contribution < 1.29 is 32.7 Å². The van der Waals surface area contributed by atoms with E-state index in [1.807, 2.05) is 6.07 Å². The summed E-state index contributed by atoms with van der Waals surface area (Å²) in [5, 5.41) is 0.989. The van der Waals surface area contributed by atoms with E-state index in [9.17, 15) is 0 Å². The number of furan rings is 1. The second-order valence-electron chi connectivity index (χ2n) is 15.2. The van der Waals surface area contributed by atoms with Gasteiger partial charge in [-0.3, -0.25) is 4.98 Å². The Kier molecular flexibility index (Phi) is 9.79. The summed E-state index contributed by atoms with van der Waals surface area (Å²) < 4.78 is 52.1. The zero-order chi connectivity index (χ0) is 46.3. The van der Waals surface area contributed by atoms with Crippen LogP contribution in [0.5, 0.6) is 0 Å². The van der Waals surface area contributed by atoms with Gasteiger partial charge in [0.25, 0.3) is 0 Å². The molecular weight excluding hydrogens is 923 g/mol. The van der Waals surface area contributed by atoms with Gasteiger partial charge in [0, 0.05) is 57.5 Å². The van der Waals surface area contributed by atoms with Crippen LogP contribution in [0.4, 0.5) is 0 Å². The minimum absolute atomic E-state index is 0. The summed E-state index contributed by atoms with van der Waals surface area (Å²) in [6, 6.07) is 55.6. The Morgan fingerprint density at radius 1 is 0.607 bits per heavy atom. The average molecular weight is 974 g/mol. The average Bonchev–Trinajstić information content (AvgIpc) is 3.90. The molecule has 0 saturated carbocycles. The Morgan fingerprint density at radius 3 is 1.87 bits per heavy atom. The topological polar surface area (TPSA) is 43.9 Å². The fourth-order valence-electron chi connectivity index (χ4n) is 8.18. The predicted octanol–water partition coefficient (Wildman–Crippen LogP) is 14.6. The van der Waals surface area contributed by atoms with E-state index in [-0.39, 0.29) is 31.2 Å². The molecular formula is C56H45IrN3O-2. The Labute approximate surface area is 380 Å². The van der Waals surface area contributed by atoms with Crippen molar-refractivity contribution in [1.82, 2.24) is 14.5 Å².